The van der Waals surface area contributed by atoms with E-state index in [1.807, 2.05) is 4.98 Å². The van der Waals surface area contributed by atoms with Gasteiger partial charge < -0.3 is 15.6 Å². The van der Waals surface area contributed by atoms with E-state index in [1.165, 1.54) is 6.92 Å². The number of hydrogen-bond acceptors (Lipinski definition) is 7. The molecule has 1 aromatic heterocycles. The molecule has 0 aliphatic rings. The number of aromatic amines is 1. The fraction of sp³-hybridized carbons (Fsp3) is 0.250. The van der Waals surface area contributed by atoms with E-state index in [0.29, 0.717) is 4.74 Å². The highest BCUT2D eigenvalue weighted by Gasteiger charge is 2.21. The van der Waals surface area contributed by atoms with Gasteiger partial charge in [-0.3, -0.25) is 9.59 Å². The minimum Gasteiger partial charge on any atom is -0.394 e. The zero-order valence-corrected chi connectivity index (χ0v) is 8.64. The molecule has 0 spiro atoms. The Bertz CT molecular complexity index is 741. The zero-order chi connectivity index (χ0) is 12.7. The lowest BCUT2D eigenvalue weighted by Gasteiger charge is -2.15. The van der Waals surface area contributed by atoms with Crippen LogP contribution < -0.4 is 33.4 Å². The van der Waals surface area contributed by atoms with E-state index < -0.39 is 28.5 Å². The maximum absolute atomic E-state index is 11.2. The van der Waals surface area contributed by atoms with Crippen LogP contribution in [0.3, 0.4) is 0 Å². The number of nitrogens with zero attached hydrogens (tertiary/aromatic N) is 1. The highest BCUT2D eigenvalue weighted by Crippen LogP contribution is 2.13. The van der Waals surface area contributed by atoms with E-state index in [-0.39, 0.29) is 11.4 Å². The molecule has 4 N–H and O–H groups in total. The summed E-state index contributed by atoms with van der Waals surface area (Å²) in [7, 11) is 0. The number of anilines is 2. The number of hydrogen-bond donors (Lipinski definition) is 3. The van der Waals surface area contributed by atoms with Crippen LogP contribution in [-0.4, -0.2) is 9.72 Å². The second-order valence-electron chi connectivity index (χ2n) is 3.40. The zero-order valence-electron chi connectivity index (χ0n) is 8.64. The Kier molecular flexibility index (Phi) is 2.23. The van der Waals surface area contributed by atoms with Gasteiger partial charge in [0.2, 0.25) is 0 Å². The number of rotatable bonds is 3. The van der Waals surface area contributed by atoms with Crippen LogP contribution in [0.5, 0.6) is 0 Å². The van der Waals surface area contributed by atoms with Crippen LogP contribution in [0.15, 0.2) is 23.7 Å². The fourth-order valence-electron chi connectivity index (χ4n) is 1.37. The Labute approximate surface area is 92.1 Å². The molecule has 0 saturated heterocycles. The summed E-state index contributed by atoms with van der Waals surface area (Å²) in [5, 5.41) is 2.51. The van der Waals surface area contributed by atoms with Crippen molar-refractivity contribution in [3.63, 3.8) is 0 Å². The quantitative estimate of drug-likeness (QED) is 0.524. The minimum atomic E-state index is -0.915. The number of nitrogens with one attached hydrogen (secondary N) is 2. The van der Waals surface area contributed by atoms with Crippen LogP contribution >= 0.6 is 0 Å². The van der Waals surface area contributed by atoms with Gasteiger partial charge in [-0.25, -0.2) is 14.6 Å². The van der Waals surface area contributed by atoms with Crippen molar-refractivity contribution < 1.29 is 4.52 Å². The van der Waals surface area contributed by atoms with E-state index >= 15 is 0 Å². The third-order valence-electron chi connectivity index (χ3n) is 2.24. The van der Waals surface area contributed by atoms with Crippen molar-refractivity contribution in [1.29, 1.82) is 0 Å². The molecular formula is C8H8N4O5. The van der Waals surface area contributed by atoms with Gasteiger partial charge in [0.1, 0.15) is 17.5 Å². The van der Waals surface area contributed by atoms with Gasteiger partial charge in [-0.05, 0) is 6.92 Å². The van der Waals surface area contributed by atoms with Crippen LogP contribution in [0.2, 0.25) is 0 Å². The molecule has 0 aliphatic heterocycles. The van der Waals surface area contributed by atoms with Crippen molar-refractivity contribution in [1.82, 2.24) is 9.72 Å². The predicted molar refractivity (Wildman–Crippen MR) is 57.7 cm³/mol. The SMILES string of the molecule is CC(Nc1c(N)c(=O)c1=O)n1oc(=O)[nH]c1=O. The van der Waals surface area contributed by atoms with Gasteiger partial charge in [-0.1, -0.05) is 0 Å². The first-order chi connectivity index (χ1) is 7.91. The summed E-state index contributed by atoms with van der Waals surface area (Å²) in [5.41, 5.74) is 2.69. The predicted octanol–water partition coefficient (Wildman–Crippen LogP) is -2.06. The summed E-state index contributed by atoms with van der Waals surface area (Å²) in [4.78, 5) is 45.7. The molecule has 0 fully saturated rings. The van der Waals surface area contributed by atoms with Gasteiger partial charge in [-0.2, -0.15) is 0 Å². The van der Waals surface area contributed by atoms with Crippen LogP contribution in [0.1, 0.15) is 13.1 Å². The molecule has 1 unspecified atom stereocenters. The summed E-state index contributed by atoms with van der Waals surface area (Å²) in [6, 6.07) is 0. The first-order valence-electron chi connectivity index (χ1n) is 4.59. The molecule has 17 heavy (non-hydrogen) atoms. The largest absolute Gasteiger partial charge is 0.440 e. The lowest BCUT2D eigenvalue weighted by Crippen LogP contribution is -2.39. The van der Waals surface area contributed by atoms with E-state index in [0.717, 1.165) is 0 Å². The standard InChI is InChI=1S/C8H8N4O5/c1-2(12-7(15)11-8(16)17-12)10-4-3(9)5(13)6(4)14/h2,10H,9H2,1H3,(H,11,15,16). The molecule has 1 aromatic carbocycles. The maximum Gasteiger partial charge on any atom is 0.440 e. The van der Waals surface area contributed by atoms with Gasteiger partial charge in [0.25, 0.3) is 10.9 Å². The summed E-state index contributed by atoms with van der Waals surface area (Å²) in [6.45, 7) is 1.45. The summed E-state index contributed by atoms with van der Waals surface area (Å²) < 4.78 is 5.21. The topological polar surface area (TPSA) is 140 Å². The van der Waals surface area contributed by atoms with Gasteiger partial charge in [0, 0.05) is 0 Å². The number of aromatic nitrogens is 2. The summed E-state index contributed by atoms with van der Waals surface area (Å²) in [5.74, 6) is -0.915. The smallest absolute Gasteiger partial charge is 0.394 e. The van der Waals surface area contributed by atoms with E-state index in [1.54, 1.807) is 0 Å². The first kappa shape index (κ1) is 10.9. The number of H-pyrrole nitrogens is 1. The average Bonchev–Trinajstić information content (AvgIpc) is 2.63. The van der Waals surface area contributed by atoms with Crippen molar-refractivity contribution >= 4 is 11.4 Å². The molecule has 2 aromatic rings. The van der Waals surface area contributed by atoms with Gasteiger partial charge in [0.05, 0.1) is 0 Å². The van der Waals surface area contributed by atoms with Gasteiger partial charge >= 0.3 is 11.4 Å². The molecule has 2 rings (SSSR count). The van der Waals surface area contributed by atoms with E-state index in [9.17, 15) is 19.2 Å². The molecule has 0 bridgehead atoms. The highest BCUT2D eigenvalue weighted by atomic mass is 16.5. The highest BCUT2D eigenvalue weighted by molar-refractivity contribution is 5.71. The monoisotopic (exact) mass is 240 g/mol. The third kappa shape index (κ3) is 1.57. The van der Waals surface area contributed by atoms with Crippen LogP contribution in [-0.2, 0) is 0 Å². The van der Waals surface area contributed by atoms with Crippen molar-refractivity contribution in [2.45, 2.75) is 13.1 Å². The maximum atomic E-state index is 11.2. The Morgan fingerprint density at radius 1 is 1.29 bits per heavy atom. The second kappa shape index (κ2) is 3.47. The average molecular weight is 240 g/mol. The van der Waals surface area contributed by atoms with Gasteiger partial charge in [0.15, 0.2) is 0 Å². The van der Waals surface area contributed by atoms with Crippen molar-refractivity contribution in [2.24, 2.45) is 0 Å². The normalized spacial score (nSPS) is 12.8. The van der Waals surface area contributed by atoms with Gasteiger partial charge in [-0.15, -0.1) is 4.74 Å². The second-order valence-corrected chi connectivity index (χ2v) is 3.40. The van der Waals surface area contributed by atoms with Crippen molar-refractivity contribution in [2.75, 3.05) is 11.1 Å². The Balaban J connectivity index is 2.30. The van der Waals surface area contributed by atoms with Crippen molar-refractivity contribution in [3.05, 3.63) is 41.5 Å². The lowest BCUT2D eigenvalue weighted by atomic mass is 10.2. The molecule has 90 valence electrons. The van der Waals surface area contributed by atoms with Crippen LogP contribution in [0.25, 0.3) is 0 Å². The third-order valence-corrected chi connectivity index (χ3v) is 2.24. The summed E-state index contributed by atoms with van der Waals surface area (Å²) >= 11 is 0. The van der Waals surface area contributed by atoms with Crippen molar-refractivity contribution in [3.8, 4) is 0 Å². The fourth-order valence-corrected chi connectivity index (χ4v) is 1.37. The Morgan fingerprint density at radius 2 is 1.94 bits per heavy atom. The molecule has 9 nitrogen and oxygen atoms in total. The van der Waals surface area contributed by atoms with Crippen LogP contribution in [0, 0.1) is 0 Å². The Morgan fingerprint density at radius 3 is 2.41 bits per heavy atom. The number of nitrogens with two attached hydrogens (primary N) is 1. The first-order valence-corrected chi connectivity index (χ1v) is 4.59. The van der Waals surface area contributed by atoms with E-state index in [4.69, 9.17) is 5.73 Å². The summed E-state index contributed by atoms with van der Waals surface area (Å²) in [6.07, 6.45) is -0.827. The molecule has 1 atom stereocenters. The molecule has 0 saturated carbocycles. The minimum absolute atomic E-state index is 0.0850. The molecule has 0 aliphatic carbocycles. The lowest BCUT2D eigenvalue weighted by molar-refractivity contribution is 0.220. The van der Waals surface area contributed by atoms with Crippen LogP contribution in [0.4, 0.5) is 11.4 Å². The molecule has 0 amide bonds. The molecular weight excluding hydrogens is 232 g/mol. The Hall–Kier alpha value is -2.58. The number of nitrogen functional groups attached to an aromatic ring is 1. The molecule has 9 heteroatoms. The molecule has 0 radical (unpaired) electrons. The van der Waals surface area contributed by atoms with E-state index in [2.05, 4.69) is 9.84 Å². The molecule has 1 heterocycles.